The number of aromatic nitrogens is 2. The molecule has 0 fully saturated rings. The minimum absolute atomic E-state index is 0.326. The van der Waals surface area contributed by atoms with Gasteiger partial charge in [0, 0.05) is 42.1 Å². The van der Waals surface area contributed by atoms with E-state index < -0.39 is 0 Å². The molecule has 26 heavy (non-hydrogen) atoms. The van der Waals surface area contributed by atoms with Gasteiger partial charge in [-0.1, -0.05) is 41.4 Å². The Morgan fingerprint density at radius 3 is 2.69 bits per heavy atom. The Morgan fingerprint density at radius 1 is 1.19 bits per heavy atom. The average Bonchev–Trinajstić information content (AvgIpc) is 3.13. The van der Waals surface area contributed by atoms with E-state index in [0.29, 0.717) is 28.2 Å². The highest BCUT2D eigenvalue weighted by atomic mass is 35.5. The zero-order chi connectivity index (χ0) is 18.5. The second kappa shape index (κ2) is 8.25. The molecule has 1 heterocycles. The van der Waals surface area contributed by atoms with Crippen LogP contribution in [0.4, 0.5) is 0 Å². The van der Waals surface area contributed by atoms with Gasteiger partial charge in [-0.05, 0) is 24.3 Å². The number of benzene rings is 2. The first-order valence-corrected chi connectivity index (χ1v) is 8.70. The number of nitrogens with zero attached hydrogens (tertiary/aromatic N) is 4. The van der Waals surface area contributed by atoms with E-state index >= 15 is 0 Å². The summed E-state index contributed by atoms with van der Waals surface area (Å²) < 4.78 is 7.89. The number of rotatable bonds is 5. The number of imidazole rings is 1. The lowest BCUT2D eigenvalue weighted by Gasteiger charge is -2.16. The van der Waals surface area contributed by atoms with E-state index in [9.17, 15) is 0 Å². The lowest BCUT2D eigenvalue weighted by molar-refractivity contribution is 0.305. The standard InChI is InChI=1S/C19H18Cl2N4O/c1-24(2)23-19(25-10-9-22-13-25)16-5-3-4-6-18(16)26-12-14-7-8-15(20)11-17(14)21/h3-11,13H,12H2,1-2H3/b23-19+. The molecule has 3 aromatic rings. The van der Waals surface area contributed by atoms with Crippen LogP contribution in [0, 0.1) is 0 Å². The van der Waals surface area contributed by atoms with Gasteiger partial charge < -0.3 is 9.75 Å². The van der Waals surface area contributed by atoms with Gasteiger partial charge in [-0.25, -0.2) is 4.98 Å². The van der Waals surface area contributed by atoms with Gasteiger partial charge >= 0.3 is 0 Å². The quantitative estimate of drug-likeness (QED) is 0.366. The topological polar surface area (TPSA) is 42.6 Å². The molecule has 0 saturated heterocycles. The van der Waals surface area contributed by atoms with E-state index in [-0.39, 0.29) is 0 Å². The second-order valence-electron chi connectivity index (χ2n) is 5.76. The number of halogens is 2. The van der Waals surface area contributed by atoms with Crippen LogP contribution in [0.25, 0.3) is 0 Å². The molecule has 5 nitrogen and oxygen atoms in total. The van der Waals surface area contributed by atoms with Crippen LogP contribution in [0.1, 0.15) is 11.1 Å². The maximum Gasteiger partial charge on any atom is 0.168 e. The first kappa shape index (κ1) is 18.3. The molecule has 3 rings (SSSR count). The van der Waals surface area contributed by atoms with Gasteiger partial charge in [-0.2, -0.15) is 5.10 Å². The third-order valence-electron chi connectivity index (χ3n) is 3.57. The number of hydrogen-bond acceptors (Lipinski definition) is 4. The van der Waals surface area contributed by atoms with E-state index in [1.54, 1.807) is 29.7 Å². The Morgan fingerprint density at radius 2 is 2.00 bits per heavy atom. The Labute approximate surface area is 162 Å². The van der Waals surface area contributed by atoms with Gasteiger partial charge in [-0.3, -0.25) is 4.57 Å². The largest absolute Gasteiger partial charge is 0.488 e. The average molecular weight is 389 g/mol. The molecule has 0 atom stereocenters. The van der Waals surface area contributed by atoms with Crippen LogP contribution in [0.2, 0.25) is 10.0 Å². The van der Waals surface area contributed by atoms with Crippen molar-refractivity contribution in [3.63, 3.8) is 0 Å². The Bertz CT molecular complexity index is 908. The lowest BCUT2D eigenvalue weighted by atomic mass is 10.1. The lowest BCUT2D eigenvalue weighted by Crippen LogP contribution is -2.18. The van der Waals surface area contributed by atoms with Gasteiger partial charge in [-0.15, -0.1) is 0 Å². The highest BCUT2D eigenvalue weighted by molar-refractivity contribution is 6.35. The summed E-state index contributed by atoms with van der Waals surface area (Å²) in [4.78, 5) is 4.11. The number of hydrazone groups is 1. The van der Waals surface area contributed by atoms with Crippen molar-refractivity contribution < 1.29 is 4.74 Å². The Balaban J connectivity index is 1.92. The van der Waals surface area contributed by atoms with Crippen LogP contribution < -0.4 is 4.74 Å². The molecule has 0 spiro atoms. The van der Waals surface area contributed by atoms with E-state index in [4.69, 9.17) is 27.9 Å². The van der Waals surface area contributed by atoms with Gasteiger partial charge in [0.1, 0.15) is 18.7 Å². The van der Waals surface area contributed by atoms with Crippen LogP contribution >= 0.6 is 23.2 Å². The Hall–Kier alpha value is -2.50. The van der Waals surface area contributed by atoms with Crippen LogP contribution in [0.3, 0.4) is 0 Å². The fraction of sp³-hybridized carbons (Fsp3) is 0.158. The molecule has 0 aliphatic heterocycles. The third kappa shape index (κ3) is 4.36. The number of hydrogen-bond donors (Lipinski definition) is 0. The van der Waals surface area contributed by atoms with Gasteiger partial charge in [0.2, 0.25) is 0 Å². The molecule has 0 radical (unpaired) electrons. The molecule has 0 amide bonds. The summed E-state index contributed by atoms with van der Waals surface area (Å²) in [5.74, 6) is 1.41. The molecular formula is C19H18Cl2N4O. The monoisotopic (exact) mass is 388 g/mol. The molecule has 134 valence electrons. The maximum absolute atomic E-state index is 6.24. The summed E-state index contributed by atoms with van der Waals surface area (Å²) in [6, 6.07) is 13.1. The highest BCUT2D eigenvalue weighted by Gasteiger charge is 2.14. The highest BCUT2D eigenvalue weighted by Crippen LogP contribution is 2.25. The summed E-state index contributed by atoms with van der Waals surface area (Å²) in [6.07, 6.45) is 5.26. The second-order valence-corrected chi connectivity index (χ2v) is 6.60. The summed E-state index contributed by atoms with van der Waals surface area (Å²) in [5, 5.41) is 7.49. The van der Waals surface area contributed by atoms with Crippen molar-refractivity contribution in [2.24, 2.45) is 5.10 Å². The van der Waals surface area contributed by atoms with Gasteiger partial charge in [0.15, 0.2) is 5.84 Å². The van der Waals surface area contributed by atoms with Crippen molar-refractivity contribution in [2.45, 2.75) is 6.61 Å². The molecule has 0 aliphatic rings. The molecule has 0 aliphatic carbocycles. The van der Waals surface area contributed by atoms with Gasteiger partial charge in [0.25, 0.3) is 0 Å². The first-order chi connectivity index (χ1) is 12.5. The number of para-hydroxylation sites is 1. The smallest absolute Gasteiger partial charge is 0.168 e. The summed E-state index contributed by atoms with van der Waals surface area (Å²) >= 11 is 12.2. The van der Waals surface area contributed by atoms with Crippen molar-refractivity contribution in [3.8, 4) is 5.75 Å². The SMILES string of the molecule is CN(C)/N=C(\c1ccccc1OCc1ccc(Cl)cc1Cl)n1ccnc1. The van der Waals surface area contributed by atoms with Crippen molar-refractivity contribution in [1.29, 1.82) is 0 Å². The summed E-state index contributed by atoms with van der Waals surface area (Å²) in [5.41, 5.74) is 1.71. The maximum atomic E-state index is 6.24. The third-order valence-corrected chi connectivity index (χ3v) is 4.16. The van der Waals surface area contributed by atoms with Crippen LogP contribution in [-0.2, 0) is 6.61 Å². The molecule has 7 heteroatoms. The molecule has 0 bridgehead atoms. The van der Waals surface area contributed by atoms with E-state index in [2.05, 4.69) is 10.1 Å². The van der Waals surface area contributed by atoms with Crippen molar-refractivity contribution in [3.05, 3.63) is 82.4 Å². The molecular weight excluding hydrogens is 371 g/mol. The molecule has 0 N–H and O–H groups in total. The number of ether oxygens (including phenoxy) is 1. The van der Waals surface area contributed by atoms with E-state index in [1.165, 1.54) is 0 Å². The predicted octanol–water partition coefficient (Wildman–Crippen LogP) is 4.54. The molecule has 2 aromatic carbocycles. The minimum Gasteiger partial charge on any atom is -0.488 e. The summed E-state index contributed by atoms with van der Waals surface area (Å²) in [6.45, 7) is 0.326. The molecule has 0 saturated carbocycles. The van der Waals surface area contributed by atoms with Crippen molar-refractivity contribution in [2.75, 3.05) is 14.1 Å². The molecule has 1 aromatic heterocycles. The van der Waals surface area contributed by atoms with Crippen LogP contribution in [0.15, 0.2) is 66.3 Å². The fourth-order valence-corrected chi connectivity index (χ4v) is 2.85. The first-order valence-electron chi connectivity index (χ1n) is 7.95. The van der Waals surface area contributed by atoms with Gasteiger partial charge in [0.05, 0.1) is 5.56 Å². The van der Waals surface area contributed by atoms with Crippen molar-refractivity contribution in [1.82, 2.24) is 14.6 Å². The van der Waals surface area contributed by atoms with Crippen LogP contribution in [0.5, 0.6) is 5.75 Å². The normalized spacial score (nSPS) is 11.5. The van der Waals surface area contributed by atoms with Crippen LogP contribution in [-0.4, -0.2) is 34.5 Å². The minimum atomic E-state index is 0.326. The zero-order valence-corrected chi connectivity index (χ0v) is 15.9. The molecule has 0 unspecified atom stereocenters. The van der Waals surface area contributed by atoms with Crippen molar-refractivity contribution >= 4 is 29.0 Å². The van der Waals surface area contributed by atoms with E-state index in [0.717, 1.165) is 11.1 Å². The Kier molecular flexibility index (Phi) is 5.81. The fourth-order valence-electron chi connectivity index (χ4n) is 2.39. The zero-order valence-electron chi connectivity index (χ0n) is 14.4. The summed E-state index contributed by atoms with van der Waals surface area (Å²) in [7, 11) is 3.74. The van der Waals surface area contributed by atoms with E-state index in [1.807, 2.05) is 55.2 Å². The predicted molar refractivity (Wildman–Crippen MR) is 105 cm³/mol.